The Balaban J connectivity index is 1.64. The number of nitrogens with one attached hydrogen (secondary N) is 1. The minimum atomic E-state index is -4.46. The fourth-order valence-electron chi connectivity index (χ4n) is 3.66. The minimum Gasteiger partial charge on any atom is -0.356 e. The van der Waals surface area contributed by atoms with Crippen LogP contribution in [0.1, 0.15) is 18.4 Å². The molecular formula is C19H18F4N4O2S. The van der Waals surface area contributed by atoms with E-state index in [0.29, 0.717) is 35.8 Å². The first kappa shape index (κ1) is 20.6. The van der Waals surface area contributed by atoms with E-state index in [-0.39, 0.29) is 18.4 Å². The second-order valence-corrected chi connectivity index (χ2v) is 9.36. The third kappa shape index (κ3) is 3.85. The highest BCUT2D eigenvalue weighted by Crippen LogP contribution is 2.34. The molecule has 11 heteroatoms. The van der Waals surface area contributed by atoms with Gasteiger partial charge in [-0.2, -0.15) is 13.2 Å². The third-order valence-electron chi connectivity index (χ3n) is 5.25. The molecule has 1 aliphatic heterocycles. The lowest BCUT2D eigenvalue weighted by molar-refractivity contribution is -0.137. The van der Waals surface area contributed by atoms with Gasteiger partial charge in [0.2, 0.25) is 0 Å². The first-order valence-corrected chi connectivity index (χ1v) is 11.0. The minimum absolute atomic E-state index is 0.183. The topological polar surface area (TPSA) is 79.0 Å². The number of rotatable bonds is 4. The van der Waals surface area contributed by atoms with Gasteiger partial charge in [-0.15, -0.1) is 0 Å². The van der Waals surface area contributed by atoms with Gasteiger partial charge in [0.15, 0.2) is 15.8 Å². The van der Waals surface area contributed by atoms with Gasteiger partial charge in [-0.3, -0.25) is 0 Å². The molecule has 0 amide bonds. The van der Waals surface area contributed by atoms with Crippen LogP contribution in [-0.2, 0) is 16.0 Å². The maximum atomic E-state index is 13.0. The van der Waals surface area contributed by atoms with E-state index >= 15 is 0 Å². The Labute approximate surface area is 169 Å². The summed E-state index contributed by atoms with van der Waals surface area (Å²) >= 11 is 0. The predicted octanol–water partition coefficient (Wildman–Crippen LogP) is 3.95. The second-order valence-electron chi connectivity index (χ2n) is 7.15. The fraction of sp³-hybridized carbons (Fsp3) is 0.368. The summed E-state index contributed by atoms with van der Waals surface area (Å²) < 4.78 is 75.2. The van der Waals surface area contributed by atoms with Crippen LogP contribution in [0.2, 0.25) is 0 Å². The van der Waals surface area contributed by atoms with Crippen molar-refractivity contribution >= 4 is 26.7 Å². The molecule has 0 bridgehead atoms. The molecule has 0 radical (unpaired) electrons. The van der Waals surface area contributed by atoms with Crippen LogP contribution >= 0.6 is 0 Å². The van der Waals surface area contributed by atoms with E-state index in [1.54, 1.807) is 18.3 Å². The van der Waals surface area contributed by atoms with Gasteiger partial charge in [0.25, 0.3) is 0 Å². The lowest BCUT2D eigenvalue weighted by atomic mass is 10.1. The number of imidazole rings is 1. The molecule has 6 nitrogen and oxygen atoms in total. The first-order valence-electron chi connectivity index (χ1n) is 9.24. The lowest BCUT2D eigenvalue weighted by Crippen LogP contribution is -2.40. The molecule has 1 fully saturated rings. The van der Waals surface area contributed by atoms with Crippen LogP contribution in [0.15, 0.2) is 36.5 Å². The number of alkyl halides is 4. The number of benzene rings is 1. The molecule has 4 rings (SSSR count). The zero-order chi connectivity index (χ0) is 21.5. The van der Waals surface area contributed by atoms with Crippen molar-refractivity contribution < 1.29 is 26.0 Å². The zero-order valence-electron chi connectivity index (χ0n) is 15.7. The summed E-state index contributed by atoms with van der Waals surface area (Å²) in [4.78, 5) is 13.6. The monoisotopic (exact) mass is 442 g/mol. The van der Waals surface area contributed by atoms with Gasteiger partial charge in [0.1, 0.15) is 11.6 Å². The van der Waals surface area contributed by atoms with Crippen molar-refractivity contribution in [3.05, 3.63) is 42.1 Å². The number of aromatic nitrogens is 3. The molecule has 3 aromatic rings. The van der Waals surface area contributed by atoms with Crippen molar-refractivity contribution in [3.8, 4) is 11.4 Å². The number of aromatic amines is 1. The number of sulfone groups is 1. The van der Waals surface area contributed by atoms with E-state index in [0.717, 1.165) is 12.1 Å². The van der Waals surface area contributed by atoms with Crippen molar-refractivity contribution in [3.63, 3.8) is 0 Å². The Morgan fingerprint density at radius 2 is 1.90 bits per heavy atom. The number of H-pyrrole nitrogens is 1. The summed E-state index contributed by atoms with van der Waals surface area (Å²) in [5.74, 6) is 0.912. The number of hydrogen-bond acceptors (Lipinski definition) is 5. The van der Waals surface area contributed by atoms with Crippen LogP contribution in [0.5, 0.6) is 0 Å². The van der Waals surface area contributed by atoms with Crippen molar-refractivity contribution in [2.75, 3.05) is 24.0 Å². The molecule has 0 spiro atoms. The molecule has 1 aromatic carbocycles. The average Bonchev–Trinajstić information content (AvgIpc) is 3.16. The number of piperidine rings is 1. The Bertz CT molecular complexity index is 1170. The number of nitrogens with zero attached hydrogens (tertiary/aromatic N) is 3. The molecule has 3 heterocycles. The maximum absolute atomic E-state index is 13.0. The van der Waals surface area contributed by atoms with E-state index in [4.69, 9.17) is 0 Å². The van der Waals surface area contributed by atoms with E-state index in [9.17, 15) is 26.0 Å². The summed E-state index contributed by atoms with van der Waals surface area (Å²) in [6.45, 7) is 0.735. The van der Waals surface area contributed by atoms with Gasteiger partial charge < -0.3 is 9.88 Å². The highest BCUT2D eigenvalue weighted by molar-refractivity contribution is 7.91. The van der Waals surface area contributed by atoms with Crippen LogP contribution in [0.4, 0.5) is 23.4 Å². The fourth-order valence-corrected chi connectivity index (χ4v) is 4.77. The second kappa shape index (κ2) is 7.53. The smallest absolute Gasteiger partial charge is 0.356 e. The van der Waals surface area contributed by atoms with Crippen molar-refractivity contribution in [1.82, 2.24) is 15.0 Å². The molecule has 1 N–H and O–H groups in total. The van der Waals surface area contributed by atoms with Gasteiger partial charge in [0, 0.05) is 19.3 Å². The summed E-state index contributed by atoms with van der Waals surface area (Å²) in [5.41, 5.74) is 0.451. The van der Waals surface area contributed by atoms with Crippen molar-refractivity contribution in [1.29, 1.82) is 0 Å². The lowest BCUT2D eigenvalue weighted by Gasteiger charge is -2.32. The third-order valence-corrected chi connectivity index (χ3v) is 7.04. The molecule has 160 valence electrons. The van der Waals surface area contributed by atoms with Crippen LogP contribution < -0.4 is 4.90 Å². The quantitative estimate of drug-likeness (QED) is 0.619. The van der Waals surface area contributed by atoms with Gasteiger partial charge in [-0.25, -0.2) is 22.8 Å². The summed E-state index contributed by atoms with van der Waals surface area (Å²) in [6.07, 6.45) is -2.33. The number of pyridine rings is 1. The zero-order valence-corrected chi connectivity index (χ0v) is 16.5. The highest BCUT2D eigenvalue weighted by Gasteiger charge is 2.32. The van der Waals surface area contributed by atoms with E-state index in [1.807, 2.05) is 4.90 Å². The van der Waals surface area contributed by atoms with Gasteiger partial charge in [0.05, 0.1) is 27.4 Å². The van der Waals surface area contributed by atoms with Gasteiger partial charge in [-0.05, 0) is 43.2 Å². The van der Waals surface area contributed by atoms with Crippen LogP contribution in [0.3, 0.4) is 0 Å². The van der Waals surface area contributed by atoms with Crippen LogP contribution in [0, 0.1) is 0 Å². The SMILES string of the molecule is O=S(=O)(CF)C1CCN(c2ncccc2-c2nc3cc(C(F)(F)F)ccc3[nH]2)CC1. The summed E-state index contributed by atoms with van der Waals surface area (Å²) in [5, 5.41) is -0.724. The molecule has 1 saturated heterocycles. The highest BCUT2D eigenvalue weighted by atomic mass is 32.2. The standard InChI is InChI=1S/C19H18F4N4O2S/c20-11-30(28,29)13-5-8-27(9-6-13)18-14(2-1-7-24-18)17-25-15-4-3-12(19(21,22)23)10-16(15)26-17/h1-4,7,10,13H,5-6,8-9,11H2,(H,25,26). The van der Waals surface area contributed by atoms with Crippen molar-refractivity contribution in [2.45, 2.75) is 24.3 Å². The van der Waals surface area contributed by atoms with Crippen LogP contribution in [0.25, 0.3) is 22.4 Å². The number of anilines is 1. The largest absolute Gasteiger partial charge is 0.416 e. The summed E-state index contributed by atoms with van der Waals surface area (Å²) in [7, 11) is -3.75. The van der Waals surface area contributed by atoms with E-state index in [2.05, 4.69) is 15.0 Å². The number of hydrogen-bond donors (Lipinski definition) is 1. The Morgan fingerprint density at radius 1 is 1.17 bits per heavy atom. The molecule has 0 atom stereocenters. The van der Waals surface area contributed by atoms with Crippen LogP contribution in [-0.4, -0.2) is 47.7 Å². The predicted molar refractivity (Wildman–Crippen MR) is 104 cm³/mol. The Kier molecular flexibility index (Phi) is 5.16. The van der Waals surface area contributed by atoms with Gasteiger partial charge >= 0.3 is 6.18 Å². The van der Waals surface area contributed by atoms with E-state index in [1.165, 1.54) is 6.07 Å². The summed E-state index contributed by atoms with van der Waals surface area (Å²) in [6, 6.07) is 5.37. The molecular weight excluding hydrogens is 424 g/mol. The molecule has 0 unspecified atom stereocenters. The molecule has 0 saturated carbocycles. The van der Waals surface area contributed by atoms with E-state index < -0.39 is 32.8 Å². The Morgan fingerprint density at radius 3 is 2.57 bits per heavy atom. The first-order chi connectivity index (χ1) is 14.2. The number of fused-ring (bicyclic) bond motifs is 1. The molecule has 2 aromatic heterocycles. The maximum Gasteiger partial charge on any atom is 0.416 e. The number of halogens is 4. The van der Waals surface area contributed by atoms with Gasteiger partial charge in [-0.1, -0.05) is 0 Å². The molecule has 0 aliphatic carbocycles. The molecule has 1 aliphatic rings. The Hall–Kier alpha value is -2.69. The normalized spacial score (nSPS) is 16.3. The van der Waals surface area contributed by atoms with Crippen molar-refractivity contribution in [2.24, 2.45) is 0 Å². The average molecular weight is 442 g/mol. The molecule has 30 heavy (non-hydrogen) atoms.